The number of carbonyl (C=O) groups is 5. The van der Waals surface area contributed by atoms with Gasteiger partial charge in [-0.2, -0.15) is 12.6 Å². The number of hydrogen-bond acceptors (Lipinski definition) is 6. The molecule has 0 aromatic heterocycles. The maximum absolute atomic E-state index is 11.6. The summed E-state index contributed by atoms with van der Waals surface area (Å²) in [5.74, 6) is -3.45. The molecule has 5 N–H and O–H groups in total. The highest BCUT2D eigenvalue weighted by atomic mass is 32.1. The van der Waals surface area contributed by atoms with Crippen molar-refractivity contribution in [2.75, 3.05) is 25.4 Å². The van der Waals surface area contributed by atoms with Crippen LogP contribution in [0.1, 0.15) is 6.92 Å². The van der Waals surface area contributed by atoms with Gasteiger partial charge in [-0.3, -0.25) is 24.0 Å². The van der Waals surface area contributed by atoms with Gasteiger partial charge < -0.3 is 26.4 Å². The zero-order chi connectivity index (χ0) is 17.1. The van der Waals surface area contributed by atoms with Crippen LogP contribution in [0.3, 0.4) is 0 Å². The quantitative estimate of drug-likeness (QED) is 0.245. The first-order valence-electron chi connectivity index (χ1n) is 6.17. The average molecular weight is 334 g/mol. The van der Waals surface area contributed by atoms with Crippen molar-refractivity contribution >= 4 is 42.2 Å². The molecule has 0 saturated carbocycles. The number of thiol groups is 1. The first kappa shape index (κ1) is 19.7. The van der Waals surface area contributed by atoms with Crippen molar-refractivity contribution in [2.24, 2.45) is 0 Å². The number of carbonyl (C=O) groups excluding carboxylic acids is 4. The topological polar surface area (TPSA) is 154 Å². The van der Waals surface area contributed by atoms with Crippen LogP contribution in [0.2, 0.25) is 0 Å². The number of carboxylic acids is 1. The predicted octanol–water partition coefficient (Wildman–Crippen LogP) is -3.15. The number of nitrogens with one attached hydrogen (secondary N) is 4. The summed E-state index contributed by atoms with van der Waals surface area (Å²) in [7, 11) is 0. The van der Waals surface area contributed by atoms with E-state index >= 15 is 0 Å². The van der Waals surface area contributed by atoms with Crippen molar-refractivity contribution < 1.29 is 29.1 Å². The lowest BCUT2D eigenvalue weighted by Gasteiger charge is -2.15. The van der Waals surface area contributed by atoms with E-state index in [1.807, 2.05) is 0 Å². The minimum Gasteiger partial charge on any atom is -0.480 e. The van der Waals surface area contributed by atoms with Crippen molar-refractivity contribution in [1.29, 1.82) is 0 Å². The molecule has 4 amide bonds. The van der Waals surface area contributed by atoms with E-state index < -0.39 is 55.3 Å². The Bertz CT molecular complexity index is 456. The molecular formula is C11H18N4O6S. The summed E-state index contributed by atoms with van der Waals surface area (Å²) in [5, 5.41) is 17.2. The Hall–Kier alpha value is -2.30. The number of aliphatic carboxylic acids is 1. The number of carboxylic acid groups (broad SMARTS) is 1. The van der Waals surface area contributed by atoms with E-state index in [4.69, 9.17) is 5.11 Å². The summed E-state index contributed by atoms with van der Waals surface area (Å²) in [5.41, 5.74) is 0. The lowest BCUT2D eigenvalue weighted by Crippen LogP contribution is -2.50. The molecular weight excluding hydrogens is 316 g/mol. The highest BCUT2D eigenvalue weighted by molar-refractivity contribution is 7.80. The van der Waals surface area contributed by atoms with Crippen LogP contribution in [-0.4, -0.2) is 66.1 Å². The fourth-order valence-electron chi connectivity index (χ4n) is 1.21. The highest BCUT2D eigenvalue weighted by Crippen LogP contribution is 1.88. The van der Waals surface area contributed by atoms with E-state index in [0.29, 0.717) is 0 Å². The maximum atomic E-state index is 11.6. The molecule has 10 nitrogen and oxygen atoms in total. The SMILES string of the molecule is CC(=O)N[C@@H](CS)C(=O)NCC(=O)NCC(=O)NCC(=O)O. The number of amides is 4. The minimum absolute atomic E-state index is 0.0601. The summed E-state index contributed by atoms with van der Waals surface area (Å²) >= 11 is 3.91. The van der Waals surface area contributed by atoms with Crippen LogP contribution in [-0.2, 0) is 24.0 Å². The number of hydrogen-bond donors (Lipinski definition) is 6. The molecule has 0 aliphatic rings. The molecule has 0 aliphatic carbocycles. The van der Waals surface area contributed by atoms with E-state index in [-0.39, 0.29) is 5.75 Å². The average Bonchev–Trinajstić information content (AvgIpc) is 2.45. The van der Waals surface area contributed by atoms with Gasteiger partial charge in [-0.1, -0.05) is 0 Å². The zero-order valence-corrected chi connectivity index (χ0v) is 12.7. The lowest BCUT2D eigenvalue weighted by molar-refractivity contribution is -0.137. The van der Waals surface area contributed by atoms with Gasteiger partial charge in [-0.15, -0.1) is 0 Å². The van der Waals surface area contributed by atoms with Crippen molar-refractivity contribution in [1.82, 2.24) is 21.3 Å². The van der Waals surface area contributed by atoms with Crippen molar-refractivity contribution in [2.45, 2.75) is 13.0 Å². The Morgan fingerprint density at radius 3 is 1.91 bits per heavy atom. The second-order valence-corrected chi connectivity index (χ2v) is 4.47. The molecule has 0 spiro atoms. The first-order chi connectivity index (χ1) is 10.3. The second kappa shape index (κ2) is 10.4. The Morgan fingerprint density at radius 1 is 0.955 bits per heavy atom. The Kier molecular flexibility index (Phi) is 9.34. The van der Waals surface area contributed by atoms with Crippen LogP contribution in [0.15, 0.2) is 0 Å². The highest BCUT2D eigenvalue weighted by Gasteiger charge is 2.18. The van der Waals surface area contributed by atoms with Gasteiger partial charge in [0.1, 0.15) is 12.6 Å². The summed E-state index contributed by atoms with van der Waals surface area (Å²) in [6.45, 7) is -0.115. The minimum atomic E-state index is -1.21. The Labute approximate surface area is 131 Å². The second-order valence-electron chi connectivity index (χ2n) is 4.10. The molecule has 0 unspecified atom stereocenters. The molecule has 0 bridgehead atoms. The molecule has 0 saturated heterocycles. The van der Waals surface area contributed by atoms with Gasteiger partial charge in [-0.25, -0.2) is 0 Å². The summed E-state index contributed by atoms with van der Waals surface area (Å²) in [4.78, 5) is 55.2. The molecule has 0 heterocycles. The zero-order valence-electron chi connectivity index (χ0n) is 11.8. The van der Waals surface area contributed by atoms with Gasteiger partial charge in [0.25, 0.3) is 0 Å². The van der Waals surface area contributed by atoms with Crippen LogP contribution < -0.4 is 21.3 Å². The third-order valence-corrected chi connectivity index (χ3v) is 2.55. The molecule has 0 aromatic rings. The van der Waals surface area contributed by atoms with E-state index in [0.717, 1.165) is 0 Å². The molecule has 1 atom stereocenters. The van der Waals surface area contributed by atoms with Gasteiger partial charge in [0, 0.05) is 12.7 Å². The van der Waals surface area contributed by atoms with Gasteiger partial charge in [0.2, 0.25) is 23.6 Å². The molecule has 0 fully saturated rings. The van der Waals surface area contributed by atoms with Crippen LogP contribution in [0.5, 0.6) is 0 Å². The van der Waals surface area contributed by atoms with E-state index in [1.54, 1.807) is 0 Å². The summed E-state index contributed by atoms with van der Waals surface area (Å²) in [6.07, 6.45) is 0. The lowest BCUT2D eigenvalue weighted by atomic mass is 10.3. The maximum Gasteiger partial charge on any atom is 0.322 e. The largest absolute Gasteiger partial charge is 0.480 e. The molecule has 22 heavy (non-hydrogen) atoms. The molecule has 0 radical (unpaired) electrons. The molecule has 124 valence electrons. The monoisotopic (exact) mass is 334 g/mol. The van der Waals surface area contributed by atoms with Crippen LogP contribution in [0.4, 0.5) is 0 Å². The van der Waals surface area contributed by atoms with Crippen molar-refractivity contribution in [3.63, 3.8) is 0 Å². The van der Waals surface area contributed by atoms with E-state index in [9.17, 15) is 24.0 Å². The summed E-state index contributed by atoms with van der Waals surface area (Å²) in [6, 6.07) is -0.868. The van der Waals surface area contributed by atoms with Gasteiger partial charge in [0.05, 0.1) is 13.1 Å². The van der Waals surface area contributed by atoms with Crippen LogP contribution >= 0.6 is 12.6 Å². The smallest absolute Gasteiger partial charge is 0.322 e. The molecule has 11 heteroatoms. The molecule has 0 aliphatic heterocycles. The van der Waals surface area contributed by atoms with Crippen molar-refractivity contribution in [3.05, 3.63) is 0 Å². The Balaban J connectivity index is 4.02. The fourth-order valence-corrected chi connectivity index (χ4v) is 1.47. The normalized spacial score (nSPS) is 11.0. The van der Waals surface area contributed by atoms with Crippen molar-refractivity contribution in [3.8, 4) is 0 Å². The fraction of sp³-hybridized carbons (Fsp3) is 0.545. The van der Waals surface area contributed by atoms with E-state index in [1.165, 1.54) is 6.92 Å². The Morgan fingerprint density at radius 2 is 1.45 bits per heavy atom. The predicted molar refractivity (Wildman–Crippen MR) is 78.1 cm³/mol. The third kappa shape index (κ3) is 9.58. The molecule has 0 rings (SSSR count). The standard InChI is InChI=1S/C11H18N4O6S/c1-6(16)15-7(5-22)11(21)14-3-9(18)12-2-8(17)13-4-10(19)20/h7,22H,2-5H2,1H3,(H,12,18)(H,13,17)(H,14,21)(H,15,16)(H,19,20)/t7-/m0/s1. The van der Waals surface area contributed by atoms with Gasteiger partial charge in [0.15, 0.2) is 0 Å². The van der Waals surface area contributed by atoms with Gasteiger partial charge >= 0.3 is 5.97 Å². The first-order valence-corrected chi connectivity index (χ1v) is 6.80. The summed E-state index contributed by atoms with van der Waals surface area (Å²) < 4.78 is 0. The van der Waals surface area contributed by atoms with E-state index in [2.05, 4.69) is 33.9 Å². The third-order valence-electron chi connectivity index (χ3n) is 2.18. The van der Waals surface area contributed by atoms with Crippen LogP contribution in [0, 0.1) is 0 Å². The van der Waals surface area contributed by atoms with Gasteiger partial charge in [-0.05, 0) is 0 Å². The molecule has 0 aromatic carbocycles. The van der Waals surface area contributed by atoms with Crippen LogP contribution in [0.25, 0.3) is 0 Å². The number of rotatable bonds is 9.